The van der Waals surface area contributed by atoms with Gasteiger partial charge in [-0.15, -0.1) is 0 Å². The number of aryl methyl sites for hydroxylation is 1. The quantitative estimate of drug-likeness (QED) is 0.654. The first-order valence-electron chi connectivity index (χ1n) is 11.7. The molecule has 5 nitrogen and oxygen atoms in total. The van der Waals surface area contributed by atoms with Crippen LogP contribution in [-0.2, 0) is 4.79 Å². The molecule has 2 heterocycles. The van der Waals surface area contributed by atoms with Crippen LogP contribution in [0.25, 0.3) is 0 Å². The van der Waals surface area contributed by atoms with Gasteiger partial charge in [0.2, 0.25) is 5.91 Å². The van der Waals surface area contributed by atoms with Crippen LogP contribution in [0.3, 0.4) is 0 Å². The van der Waals surface area contributed by atoms with E-state index in [0.717, 1.165) is 35.9 Å². The van der Waals surface area contributed by atoms with Crippen molar-refractivity contribution in [2.75, 3.05) is 37.7 Å². The van der Waals surface area contributed by atoms with Gasteiger partial charge in [0.1, 0.15) is 18.1 Å². The van der Waals surface area contributed by atoms with Crippen LogP contribution >= 0.6 is 0 Å². The zero-order valence-electron chi connectivity index (χ0n) is 19.1. The second kappa shape index (κ2) is 10.1. The molecule has 178 valence electrons. The van der Waals surface area contributed by atoms with Gasteiger partial charge in [-0.1, -0.05) is 12.1 Å². The van der Waals surface area contributed by atoms with Crippen molar-refractivity contribution in [1.82, 2.24) is 4.90 Å². The van der Waals surface area contributed by atoms with E-state index < -0.39 is 5.92 Å². The molecule has 2 aromatic rings. The monoisotopic (exact) mass is 458 g/mol. The van der Waals surface area contributed by atoms with Gasteiger partial charge in [-0.05, 0) is 73.6 Å². The van der Waals surface area contributed by atoms with E-state index in [1.54, 1.807) is 21.9 Å². The van der Waals surface area contributed by atoms with Crippen molar-refractivity contribution in [2.24, 2.45) is 0 Å². The van der Waals surface area contributed by atoms with E-state index in [-0.39, 0.29) is 18.9 Å². The number of rotatable bonds is 6. The lowest BCUT2D eigenvalue weighted by Crippen LogP contribution is -2.29. The fourth-order valence-electron chi connectivity index (χ4n) is 4.33. The Morgan fingerprint density at radius 2 is 1.88 bits per heavy atom. The lowest BCUT2D eigenvalue weighted by molar-refractivity contribution is -0.117. The van der Waals surface area contributed by atoms with Gasteiger partial charge in [-0.2, -0.15) is 0 Å². The molecular weight excluding hydrogens is 426 g/mol. The smallest absolute Gasteiger partial charge is 0.261 e. The molecule has 2 aromatic carbocycles. The molecule has 3 fully saturated rings. The summed E-state index contributed by atoms with van der Waals surface area (Å²) in [5.74, 6) is -0.496. The van der Waals surface area contributed by atoms with E-state index >= 15 is 0 Å². The minimum absolute atomic E-state index is 0.0649. The van der Waals surface area contributed by atoms with Crippen molar-refractivity contribution >= 4 is 11.6 Å². The molecule has 0 aromatic heterocycles. The van der Waals surface area contributed by atoms with Crippen molar-refractivity contribution in [1.29, 1.82) is 0 Å². The Morgan fingerprint density at radius 3 is 2.45 bits per heavy atom. The normalized spacial score (nSPS) is 20.0. The molecular formula is C26H32F2N2O3. The second-order valence-corrected chi connectivity index (χ2v) is 9.20. The number of hydrogen-bond acceptors (Lipinski definition) is 4. The first-order chi connectivity index (χ1) is 15.8. The lowest BCUT2D eigenvalue weighted by Gasteiger charge is -2.19. The number of phenolic OH excluding ortho intramolecular Hbond substituents is 1. The molecule has 1 amide bonds. The Bertz CT molecular complexity index is 961. The number of nitrogens with zero attached hydrogens (tertiary/aromatic N) is 2. The van der Waals surface area contributed by atoms with E-state index in [2.05, 4.69) is 0 Å². The average molecular weight is 459 g/mol. The molecule has 0 unspecified atom stereocenters. The number of ether oxygens (including phenoxy) is 1. The number of halogens is 2. The van der Waals surface area contributed by atoms with Crippen molar-refractivity contribution in [2.45, 2.75) is 50.9 Å². The van der Waals surface area contributed by atoms with Gasteiger partial charge in [0.15, 0.2) is 0 Å². The van der Waals surface area contributed by atoms with Crippen LogP contribution < -0.4 is 9.64 Å². The van der Waals surface area contributed by atoms with Gasteiger partial charge in [0, 0.05) is 38.2 Å². The molecule has 7 heteroatoms. The summed E-state index contributed by atoms with van der Waals surface area (Å²) in [6.07, 6.45) is 4.09. The molecule has 1 aliphatic carbocycles. The summed E-state index contributed by atoms with van der Waals surface area (Å²) in [5, 5.41) is 8.96. The highest BCUT2D eigenvalue weighted by molar-refractivity contribution is 5.95. The Kier molecular flexibility index (Phi) is 7.17. The van der Waals surface area contributed by atoms with Gasteiger partial charge in [-0.25, -0.2) is 8.78 Å². The molecule has 0 spiro atoms. The number of anilines is 1. The Balaban J connectivity index is 0.000000214. The van der Waals surface area contributed by atoms with E-state index in [1.165, 1.54) is 18.4 Å². The van der Waals surface area contributed by atoms with Gasteiger partial charge < -0.3 is 14.7 Å². The van der Waals surface area contributed by atoms with Crippen LogP contribution in [0.15, 0.2) is 42.5 Å². The summed E-state index contributed by atoms with van der Waals surface area (Å²) in [6.45, 7) is 3.84. The fourth-order valence-corrected chi connectivity index (χ4v) is 4.33. The number of alkyl halides is 2. The van der Waals surface area contributed by atoms with Gasteiger partial charge in [-0.3, -0.25) is 9.69 Å². The molecule has 3 aliphatic rings. The fraction of sp³-hybridized carbons (Fsp3) is 0.500. The number of phenols is 1. The molecule has 33 heavy (non-hydrogen) atoms. The zero-order valence-corrected chi connectivity index (χ0v) is 19.1. The van der Waals surface area contributed by atoms with Crippen molar-refractivity contribution in [3.05, 3.63) is 53.6 Å². The highest BCUT2D eigenvalue weighted by Gasteiger charge is 2.37. The summed E-state index contributed by atoms with van der Waals surface area (Å²) in [7, 11) is 0. The van der Waals surface area contributed by atoms with Crippen molar-refractivity contribution in [3.63, 3.8) is 0 Å². The summed E-state index contributed by atoms with van der Waals surface area (Å²) in [5.41, 5.74) is 3.23. The molecule has 0 bridgehead atoms. The molecule has 2 saturated heterocycles. The third-order valence-electron chi connectivity index (χ3n) is 6.40. The predicted molar refractivity (Wildman–Crippen MR) is 124 cm³/mol. The average Bonchev–Trinajstić information content (AvgIpc) is 3.45. The number of benzene rings is 2. The number of carbonyl (C=O) groups is 1. The van der Waals surface area contributed by atoms with Crippen molar-refractivity contribution in [3.8, 4) is 11.5 Å². The van der Waals surface area contributed by atoms with Crippen LogP contribution in [-0.4, -0.2) is 54.6 Å². The predicted octanol–water partition coefficient (Wildman–Crippen LogP) is 5.11. The first kappa shape index (κ1) is 23.5. The Morgan fingerprint density at radius 1 is 1.12 bits per heavy atom. The maximum Gasteiger partial charge on any atom is 0.261 e. The van der Waals surface area contributed by atoms with E-state index in [1.807, 2.05) is 37.3 Å². The first-order valence-corrected chi connectivity index (χ1v) is 11.7. The number of amides is 1. The van der Waals surface area contributed by atoms with E-state index in [0.29, 0.717) is 31.9 Å². The SMILES string of the molecule is Cc1cc(N2CCCC2=O)ccc1OCCN1CCC(F)(F)C1.Oc1ccc(C2CC2)cc1. The van der Waals surface area contributed by atoms with Gasteiger partial charge >= 0.3 is 0 Å². The summed E-state index contributed by atoms with van der Waals surface area (Å²) in [4.78, 5) is 15.3. The van der Waals surface area contributed by atoms with Crippen LogP contribution in [0, 0.1) is 6.92 Å². The highest BCUT2D eigenvalue weighted by atomic mass is 19.3. The minimum atomic E-state index is -2.56. The molecule has 0 atom stereocenters. The summed E-state index contributed by atoms with van der Waals surface area (Å²) in [6, 6.07) is 13.2. The van der Waals surface area contributed by atoms with Gasteiger partial charge in [0.25, 0.3) is 5.92 Å². The van der Waals surface area contributed by atoms with E-state index in [4.69, 9.17) is 9.84 Å². The Hall–Kier alpha value is -2.67. The van der Waals surface area contributed by atoms with Crippen molar-refractivity contribution < 1.29 is 23.4 Å². The molecule has 2 aliphatic heterocycles. The number of likely N-dealkylation sites (tertiary alicyclic amines) is 1. The molecule has 1 N–H and O–H groups in total. The largest absolute Gasteiger partial charge is 0.508 e. The van der Waals surface area contributed by atoms with Gasteiger partial charge in [0.05, 0.1) is 6.54 Å². The Labute approximate surface area is 194 Å². The third-order valence-corrected chi connectivity index (χ3v) is 6.40. The standard InChI is InChI=1S/C17H22F2N2O2.C9H10O/c1-13-11-14(21-7-2-3-16(21)22)4-5-15(13)23-10-9-20-8-6-17(18,19)12-20;10-9-5-3-8(4-6-9)7-1-2-7/h4-5,11H,2-3,6-10,12H2,1H3;3-7,10H,1-2H2. The van der Waals surface area contributed by atoms with Crippen LogP contribution in [0.5, 0.6) is 11.5 Å². The summed E-state index contributed by atoms with van der Waals surface area (Å²) >= 11 is 0. The van der Waals surface area contributed by atoms with Crippen LogP contribution in [0.4, 0.5) is 14.5 Å². The molecule has 0 radical (unpaired) electrons. The maximum atomic E-state index is 13.1. The lowest BCUT2D eigenvalue weighted by atomic mass is 10.1. The maximum absolute atomic E-state index is 13.1. The second-order valence-electron chi connectivity index (χ2n) is 9.20. The number of hydrogen-bond donors (Lipinski definition) is 1. The third kappa shape index (κ3) is 6.44. The summed E-state index contributed by atoms with van der Waals surface area (Å²) < 4.78 is 32.0. The molecule has 1 saturated carbocycles. The van der Waals surface area contributed by atoms with Crippen LogP contribution in [0.1, 0.15) is 49.1 Å². The van der Waals surface area contributed by atoms with E-state index in [9.17, 15) is 13.6 Å². The number of carbonyl (C=O) groups excluding carboxylic acids is 1. The topological polar surface area (TPSA) is 53.0 Å². The molecule has 5 rings (SSSR count). The number of aromatic hydroxyl groups is 1. The highest BCUT2D eigenvalue weighted by Crippen LogP contribution is 2.40. The zero-order chi connectivity index (χ0) is 23.4. The minimum Gasteiger partial charge on any atom is -0.508 e. The van der Waals surface area contributed by atoms with Crippen LogP contribution in [0.2, 0.25) is 0 Å².